The zero-order valence-corrected chi connectivity index (χ0v) is 8.42. The highest BCUT2D eigenvalue weighted by Gasteiger charge is 2.38. The van der Waals surface area contributed by atoms with Crippen LogP contribution in [0.3, 0.4) is 0 Å². The third-order valence-corrected chi connectivity index (χ3v) is 3.01. The first-order valence-electron chi connectivity index (χ1n) is 5.29. The summed E-state index contributed by atoms with van der Waals surface area (Å²) < 4.78 is 0. The SMILES string of the molecule is CCC1NC(C)C(=O)N1CC1CC1. The van der Waals surface area contributed by atoms with Gasteiger partial charge >= 0.3 is 0 Å². The number of carbonyl (C=O) groups is 1. The lowest BCUT2D eigenvalue weighted by atomic mass is 10.3. The number of nitrogens with one attached hydrogen (secondary N) is 1. The average Bonchev–Trinajstić information content (AvgIpc) is 2.88. The molecule has 0 aromatic rings. The van der Waals surface area contributed by atoms with Crippen molar-refractivity contribution in [2.45, 2.75) is 45.3 Å². The minimum atomic E-state index is 0.0312. The lowest BCUT2D eigenvalue weighted by Gasteiger charge is -2.22. The first-order valence-corrected chi connectivity index (χ1v) is 5.29. The molecule has 2 rings (SSSR count). The van der Waals surface area contributed by atoms with Crippen LogP contribution in [-0.2, 0) is 4.79 Å². The number of hydrogen-bond donors (Lipinski definition) is 1. The Balaban J connectivity index is 1.99. The second-order valence-electron chi connectivity index (χ2n) is 4.25. The van der Waals surface area contributed by atoms with Crippen molar-refractivity contribution >= 4 is 5.91 Å². The lowest BCUT2D eigenvalue weighted by Crippen LogP contribution is -2.38. The van der Waals surface area contributed by atoms with Crippen molar-refractivity contribution in [2.24, 2.45) is 5.92 Å². The molecule has 1 aliphatic carbocycles. The highest BCUT2D eigenvalue weighted by Crippen LogP contribution is 2.31. The topological polar surface area (TPSA) is 32.3 Å². The molecule has 1 amide bonds. The largest absolute Gasteiger partial charge is 0.326 e. The number of rotatable bonds is 3. The van der Waals surface area contributed by atoms with E-state index in [0.717, 1.165) is 18.9 Å². The van der Waals surface area contributed by atoms with Gasteiger partial charge in [-0.25, -0.2) is 0 Å². The van der Waals surface area contributed by atoms with E-state index < -0.39 is 0 Å². The Labute approximate surface area is 79.5 Å². The van der Waals surface area contributed by atoms with Gasteiger partial charge in [-0.3, -0.25) is 10.1 Å². The van der Waals surface area contributed by atoms with Crippen molar-refractivity contribution in [1.82, 2.24) is 10.2 Å². The molecule has 1 N–H and O–H groups in total. The number of hydrogen-bond acceptors (Lipinski definition) is 2. The zero-order valence-electron chi connectivity index (χ0n) is 8.42. The van der Waals surface area contributed by atoms with E-state index in [1.165, 1.54) is 12.8 Å². The molecule has 0 spiro atoms. The molecule has 2 aliphatic rings. The minimum Gasteiger partial charge on any atom is -0.326 e. The predicted molar refractivity (Wildman–Crippen MR) is 51.1 cm³/mol. The fourth-order valence-electron chi connectivity index (χ4n) is 1.99. The van der Waals surface area contributed by atoms with Crippen molar-refractivity contribution in [3.05, 3.63) is 0 Å². The van der Waals surface area contributed by atoms with Gasteiger partial charge in [0.25, 0.3) is 0 Å². The Hall–Kier alpha value is -0.570. The number of nitrogens with zero attached hydrogens (tertiary/aromatic N) is 1. The van der Waals surface area contributed by atoms with Gasteiger partial charge < -0.3 is 4.90 Å². The van der Waals surface area contributed by atoms with E-state index >= 15 is 0 Å². The molecule has 13 heavy (non-hydrogen) atoms. The fraction of sp³-hybridized carbons (Fsp3) is 0.900. The summed E-state index contributed by atoms with van der Waals surface area (Å²) in [6.45, 7) is 5.06. The Morgan fingerprint density at radius 2 is 2.23 bits per heavy atom. The minimum absolute atomic E-state index is 0.0312. The fourth-order valence-corrected chi connectivity index (χ4v) is 1.99. The van der Waals surface area contributed by atoms with E-state index in [9.17, 15) is 4.79 Å². The van der Waals surface area contributed by atoms with Crippen LogP contribution in [-0.4, -0.2) is 29.6 Å². The quantitative estimate of drug-likeness (QED) is 0.705. The van der Waals surface area contributed by atoms with Gasteiger partial charge in [0.2, 0.25) is 5.91 Å². The summed E-state index contributed by atoms with van der Waals surface area (Å²) >= 11 is 0. The molecule has 1 saturated heterocycles. The van der Waals surface area contributed by atoms with Crippen molar-refractivity contribution < 1.29 is 4.79 Å². The highest BCUT2D eigenvalue weighted by atomic mass is 16.2. The lowest BCUT2D eigenvalue weighted by molar-refractivity contribution is -0.130. The van der Waals surface area contributed by atoms with Crippen molar-refractivity contribution in [1.29, 1.82) is 0 Å². The van der Waals surface area contributed by atoms with Gasteiger partial charge in [-0.05, 0) is 32.1 Å². The summed E-state index contributed by atoms with van der Waals surface area (Å²) in [5, 5.41) is 3.31. The van der Waals surface area contributed by atoms with Gasteiger partial charge in [0.1, 0.15) is 0 Å². The van der Waals surface area contributed by atoms with Gasteiger partial charge in [-0.1, -0.05) is 6.92 Å². The molecule has 2 fully saturated rings. The van der Waals surface area contributed by atoms with E-state index in [1.54, 1.807) is 0 Å². The van der Waals surface area contributed by atoms with Crippen molar-refractivity contribution in [2.75, 3.05) is 6.54 Å². The predicted octanol–water partition coefficient (Wildman–Crippen LogP) is 0.953. The first-order chi connectivity index (χ1) is 6.22. The molecular formula is C10H18N2O. The number of amides is 1. The summed E-state index contributed by atoms with van der Waals surface area (Å²) in [5.74, 6) is 1.09. The van der Waals surface area contributed by atoms with Gasteiger partial charge in [-0.2, -0.15) is 0 Å². The van der Waals surface area contributed by atoms with E-state index in [0.29, 0.717) is 12.1 Å². The zero-order chi connectivity index (χ0) is 9.42. The highest BCUT2D eigenvalue weighted by molar-refractivity contribution is 5.83. The van der Waals surface area contributed by atoms with Crippen LogP contribution in [0.5, 0.6) is 0 Å². The molecule has 0 bridgehead atoms. The van der Waals surface area contributed by atoms with Crippen LogP contribution >= 0.6 is 0 Å². The molecule has 1 heterocycles. The molecule has 2 unspecified atom stereocenters. The summed E-state index contributed by atoms with van der Waals surface area (Å²) in [6.07, 6.45) is 3.94. The molecule has 1 saturated carbocycles. The molecule has 2 atom stereocenters. The van der Waals surface area contributed by atoms with E-state index in [-0.39, 0.29) is 6.04 Å². The smallest absolute Gasteiger partial charge is 0.240 e. The monoisotopic (exact) mass is 182 g/mol. The second-order valence-corrected chi connectivity index (χ2v) is 4.25. The van der Waals surface area contributed by atoms with Crippen molar-refractivity contribution in [3.8, 4) is 0 Å². The number of carbonyl (C=O) groups excluding carboxylic acids is 1. The molecular weight excluding hydrogens is 164 g/mol. The van der Waals surface area contributed by atoms with Gasteiger partial charge in [-0.15, -0.1) is 0 Å². The Bertz CT molecular complexity index is 213. The van der Waals surface area contributed by atoms with E-state index in [2.05, 4.69) is 12.2 Å². The third-order valence-electron chi connectivity index (χ3n) is 3.01. The summed E-state index contributed by atoms with van der Waals surface area (Å²) in [5.41, 5.74) is 0. The second kappa shape index (κ2) is 3.29. The Kier molecular flexibility index (Phi) is 2.28. The van der Waals surface area contributed by atoms with Gasteiger partial charge in [0.05, 0.1) is 12.2 Å². The normalized spacial score (nSPS) is 34.3. The first kappa shape index (κ1) is 9.00. The standard InChI is InChI=1S/C10H18N2O/c1-3-9-11-7(2)10(13)12(9)6-8-4-5-8/h7-9,11H,3-6H2,1-2H3. The maximum atomic E-state index is 11.7. The van der Waals surface area contributed by atoms with E-state index in [4.69, 9.17) is 0 Å². The molecule has 0 radical (unpaired) electrons. The summed E-state index contributed by atoms with van der Waals surface area (Å²) in [4.78, 5) is 13.7. The molecule has 1 aliphatic heterocycles. The summed E-state index contributed by atoms with van der Waals surface area (Å²) in [6, 6.07) is 0.0312. The molecule has 0 aromatic heterocycles. The van der Waals surface area contributed by atoms with Crippen LogP contribution in [0.1, 0.15) is 33.1 Å². The van der Waals surface area contributed by atoms with Crippen LogP contribution < -0.4 is 5.32 Å². The van der Waals surface area contributed by atoms with E-state index in [1.807, 2.05) is 11.8 Å². The maximum absolute atomic E-state index is 11.7. The third kappa shape index (κ3) is 1.70. The van der Waals surface area contributed by atoms with Gasteiger partial charge in [0.15, 0.2) is 0 Å². The summed E-state index contributed by atoms with van der Waals surface area (Å²) in [7, 11) is 0. The average molecular weight is 182 g/mol. The molecule has 74 valence electrons. The van der Waals surface area contributed by atoms with Crippen LogP contribution in [0.2, 0.25) is 0 Å². The Morgan fingerprint density at radius 3 is 2.77 bits per heavy atom. The Morgan fingerprint density at radius 1 is 1.54 bits per heavy atom. The van der Waals surface area contributed by atoms with Crippen LogP contribution in [0.25, 0.3) is 0 Å². The van der Waals surface area contributed by atoms with Crippen molar-refractivity contribution in [3.63, 3.8) is 0 Å². The van der Waals surface area contributed by atoms with Crippen LogP contribution in [0.15, 0.2) is 0 Å². The van der Waals surface area contributed by atoms with Crippen LogP contribution in [0.4, 0.5) is 0 Å². The molecule has 3 nitrogen and oxygen atoms in total. The van der Waals surface area contributed by atoms with Crippen LogP contribution in [0, 0.1) is 5.92 Å². The maximum Gasteiger partial charge on any atom is 0.240 e. The molecule has 3 heteroatoms. The molecule has 0 aromatic carbocycles. The van der Waals surface area contributed by atoms with Gasteiger partial charge in [0, 0.05) is 6.54 Å².